The fourth-order valence-electron chi connectivity index (χ4n) is 2.23. The number of hydrogen-bond acceptors (Lipinski definition) is 7. The van der Waals surface area contributed by atoms with E-state index >= 15 is 0 Å². The lowest BCUT2D eigenvalue weighted by molar-refractivity contribution is -0.384. The van der Waals surface area contributed by atoms with Gasteiger partial charge in [0.25, 0.3) is 17.5 Å². The largest absolute Gasteiger partial charge is 0.396 e. The highest BCUT2D eigenvalue weighted by atomic mass is 32.2. The van der Waals surface area contributed by atoms with Gasteiger partial charge in [-0.15, -0.1) is 11.8 Å². The van der Waals surface area contributed by atoms with Crippen LogP contribution < -0.4 is 0 Å². The lowest BCUT2D eigenvalue weighted by atomic mass is 10.1. The highest BCUT2D eigenvalue weighted by molar-refractivity contribution is 8.04. The Hall–Kier alpha value is -2.23. The molecule has 0 fully saturated rings. The number of benzene rings is 1. The molecule has 24 heavy (non-hydrogen) atoms. The second-order valence-corrected chi connectivity index (χ2v) is 5.94. The summed E-state index contributed by atoms with van der Waals surface area (Å²) in [5.74, 6) is -0.640. The number of rotatable bonds is 8. The molecular formula is C15H16N2O6S. The molecule has 9 heteroatoms. The Balaban J connectivity index is 2.39. The fraction of sp³-hybridized carbons (Fsp3) is 0.333. The Bertz CT molecular complexity index is 686. The van der Waals surface area contributed by atoms with Crippen molar-refractivity contribution in [3.8, 4) is 0 Å². The number of imide groups is 1. The van der Waals surface area contributed by atoms with Crippen molar-refractivity contribution in [2.45, 2.75) is 0 Å². The van der Waals surface area contributed by atoms with Crippen LogP contribution in [0.3, 0.4) is 0 Å². The number of aliphatic hydroxyl groups is 1. The van der Waals surface area contributed by atoms with Crippen molar-refractivity contribution in [3.63, 3.8) is 0 Å². The van der Waals surface area contributed by atoms with Gasteiger partial charge in [-0.2, -0.15) is 0 Å². The highest BCUT2D eigenvalue weighted by Gasteiger charge is 2.38. The van der Waals surface area contributed by atoms with Crippen LogP contribution in [-0.4, -0.2) is 59.4 Å². The zero-order valence-corrected chi connectivity index (χ0v) is 13.7. The first kappa shape index (κ1) is 18.1. The summed E-state index contributed by atoms with van der Waals surface area (Å²) in [5.41, 5.74) is 0.528. The fourth-order valence-corrected chi connectivity index (χ4v) is 3.10. The average molecular weight is 352 g/mol. The average Bonchev–Trinajstić information content (AvgIpc) is 2.81. The molecule has 1 N–H and O–H groups in total. The number of nitro groups is 1. The lowest BCUT2D eigenvalue weighted by Crippen LogP contribution is -2.34. The van der Waals surface area contributed by atoms with E-state index in [4.69, 9.17) is 9.84 Å². The van der Waals surface area contributed by atoms with Crippen molar-refractivity contribution in [2.24, 2.45) is 0 Å². The molecule has 8 nitrogen and oxygen atoms in total. The van der Waals surface area contributed by atoms with Crippen LogP contribution in [0, 0.1) is 10.1 Å². The molecule has 0 saturated heterocycles. The maximum Gasteiger partial charge on any atom is 0.269 e. The predicted octanol–water partition coefficient (Wildman–Crippen LogP) is 1.05. The van der Waals surface area contributed by atoms with Gasteiger partial charge in [0.2, 0.25) is 0 Å². The number of hydrogen-bond donors (Lipinski definition) is 1. The third-order valence-electron chi connectivity index (χ3n) is 3.35. The molecule has 128 valence electrons. The molecule has 0 spiro atoms. The summed E-state index contributed by atoms with van der Waals surface area (Å²) in [6, 6.07) is 5.45. The summed E-state index contributed by atoms with van der Waals surface area (Å²) < 4.78 is 4.91. The molecule has 0 atom stereocenters. The number of nitrogens with zero attached hydrogens (tertiary/aromatic N) is 2. The van der Waals surface area contributed by atoms with Gasteiger partial charge < -0.3 is 9.84 Å². The van der Waals surface area contributed by atoms with Crippen molar-refractivity contribution in [1.82, 2.24) is 4.90 Å². The van der Waals surface area contributed by atoms with Crippen molar-refractivity contribution in [3.05, 3.63) is 44.8 Å². The molecule has 1 aromatic carbocycles. The third-order valence-corrected chi connectivity index (χ3v) is 4.40. The number of carbonyl (C=O) groups excluding carboxylic acids is 2. The molecule has 0 saturated carbocycles. The topological polar surface area (TPSA) is 110 Å². The number of carbonyl (C=O) groups is 2. The van der Waals surface area contributed by atoms with Crippen LogP contribution in [0.2, 0.25) is 0 Å². The van der Waals surface area contributed by atoms with E-state index in [0.29, 0.717) is 5.56 Å². The minimum atomic E-state index is -0.536. The summed E-state index contributed by atoms with van der Waals surface area (Å²) in [6.45, 7) is 0.193. The van der Waals surface area contributed by atoms with Crippen molar-refractivity contribution in [1.29, 1.82) is 0 Å². The Kier molecular flexibility index (Phi) is 6.07. The van der Waals surface area contributed by atoms with E-state index in [1.54, 1.807) is 0 Å². The number of aliphatic hydroxyl groups excluding tert-OH is 1. The van der Waals surface area contributed by atoms with E-state index in [1.165, 1.54) is 31.4 Å². The number of ether oxygens (including phenoxy) is 1. The van der Waals surface area contributed by atoms with E-state index in [9.17, 15) is 19.7 Å². The minimum absolute atomic E-state index is 0.100. The Morgan fingerprint density at radius 1 is 1.25 bits per heavy atom. The molecule has 1 heterocycles. The van der Waals surface area contributed by atoms with Crippen LogP contribution in [0.15, 0.2) is 29.2 Å². The number of non-ortho nitro benzene ring substituents is 1. The van der Waals surface area contributed by atoms with E-state index in [1.807, 2.05) is 0 Å². The molecular weight excluding hydrogens is 336 g/mol. The standard InChI is InChI=1S/C15H16N2O6S/c1-23-8-6-16-14(19)12(13(15(16)20)24-9-7-18)10-2-4-11(5-3-10)17(21)22/h2-5,18H,6-9H2,1H3. The second kappa shape index (κ2) is 8.04. The maximum atomic E-state index is 12.6. The molecule has 0 unspecified atom stereocenters. The molecule has 1 aliphatic heterocycles. The van der Waals surface area contributed by atoms with E-state index < -0.39 is 16.7 Å². The monoisotopic (exact) mass is 352 g/mol. The van der Waals surface area contributed by atoms with Gasteiger partial charge in [-0.1, -0.05) is 0 Å². The first-order chi connectivity index (χ1) is 11.5. The van der Waals surface area contributed by atoms with Crippen LogP contribution in [-0.2, 0) is 14.3 Å². The molecule has 0 bridgehead atoms. The van der Waals surface area contributed by atoms with E-state index in [2.05, 4.69) is 0 Å². The van der Waals surface area contributed by atoms with Gasteiger partial charge in [-0.3, -0.25) is 24.6 Å². The quantitative estimate of drug-likeness (QED) is 0.423. The molecule has 0 radical (unpaired) electrons. The highest BCUT2D eigenvalue weighted by Crippen LogP contribution is 2.36. The number of amides is 2. The second-order valence-electron chi connectivity index (χ2n) is 4.83. The van der Waals surface area contributed by atoms with Gasteiger partial charge >= 0.3 is 0 Å². The Morgan fingerprint density at radius 3 is 2.46 bits per heavy atom. The van der Waals surface area contributed by atoms with Crippen molar-refractivity contribution in [2.75, 3.05) is 32.6 Å². The van der Waals surface area contributed by atoms with Gasteiger partial charge in [0.15, 0.2) is 0 Å². The summed E-state index contributed by atoms with van der Waals surface area (Å²) in [5, 5.41) is 19.7. The molecule has 0 aromatic heterocycles. The van der Waals surface area contributed by atoms with Crippen LogP contribution in [0.4, 0.5) is 5.69 Å². The predicted molar refractivity (Wildman–Crippen MR) is 88.2 cm³/mol. The lowest BCUT2D eigenvalue weighted by Gasteiger charge is -2.14. The Morgan fingerprint density at radius 2 is 1.92 bits per heavy atom. The van der Waals surface area contributed by atoms with Crippen molar-refractivity contribution >= 4 is 34.8 Å². The zero-order chi connectivity index (χ0) is 17.7. The van der Waals surface area contributed by atoms with Crippen LogP contribution >= 0.6 is 11.8 Å². The summed E-state index contributed by atoms with van der Waals surface area (Å²) in [4.78, 5) is 36.6. The number of methoxy groups -OCH3 is 1. The number of thioether (sulfide) groups is 1. The van der Waals surface area contributed by atoms with Crippen LogP contribution in [0.5, 0.6) is 0 Å². The summed E-state index contributed by atoms with van der Waals surface area (Å²) >= 11 is 1.09. The first-order valence-electron chi connectivity index (χ1n) is 7.09. The molecule has 1 aromatic rings. The van der Waals surface area contributed by atoms with Crippen LogP contribution in [0.25, 0.3) is 5.57 Å². The van der Waals surface area contributed by atoms with E-state index in [-0.39, 0.29) is 41.7 Å². The zero-order valence-electron chi connectivity index (χ0n) is 12.9. The first-order valence-corrected chi connectivity index (χ1v) is 8.07. The van der Waals surface area contributed by atoms with Gasteiger partial charge in [-0.05, 0) is 17.7 Å². The molecule has 2 rings (SSSR count). The Labute approximate surface area is 142 Å². The summed E-state index contributed by atoms with van der Waals surface area (Å²) in [6.07, 6.45) is 0. The van der Waals surface area contributed by atoms with Crippen molar-refractivity contribution < 1.29 is 24.4 Å². The van der Waals surface area contributed by atoms with Gasteiger partial charge in [0, 0.05) is 25.0 Å². The molecule has 2 amide bonds. The van der Waals surface area contributed by atoms with Gasteiger partial charge in [0.1, 0.15) is 0 Å². The SMILES string of the molecule is COCCN1C(=O)C(SCCO)=C(c2ccc([N+](=O)[O-])cc2)C1=O. The minimum Gasteiger partial charge on any atom is -0.396 e. The molecule has 1 aliphatic rings. The van der Waals surface area contributed by atoms with Gasteiger partial charge in [-0.25, -0.2) is 0 Å². The maximum absolute atomic E-state index is 12.6. The van der Waals surface area contributed by atoms with Crippen LogP contribution in [0.1, 0.15) is 5.56 Å². The van der Waals surface area contributed by atoms with E-state index in [0.717, 1.165) is 16.7 Å². The summed E-state index contributed by atoms with van der Waals surface area (Å²) in [7, 11) is 1.47. The molecule has 0 aliphatic carbocycles. The van der Waals surface area contributed by atoms with Gasteiger partial charge in [0.05, 0.1) is 35.2 Å². The normalized spacial score (nSPS) is 14.7. The smallest absolute Gasteiger partial charge is 0.269 e. The number of nitro benzene ring substituents is 1. The third kappa shape index (κ3) is 3.64.